The first kappa shape index (κ1) is 15.2. The lowest BCUT2D eigenvalue weighted by atomic mass is 10.4. The zero-order valence-corrected chi connectivity index (χ0v) is 13.9. The van der Waals surface area contributed by atoms with E-state index in [4.69, 9.17) is 0 Å². The maximum atomic E-state index is 10.7. The molecule has 0 heterocycles. The molecule has 0 bridgehead atoms. The molecule has 2 aromatic rings. The van der Waals surface area contributed by atoms with E-state index in [2.05, 4.69) is 55.1 Å². The lowest BCUT2D eigenvalue weighted by Gasteiger charge is -2.33. The Morgan fingerprint density at radius 3 is 1.65 bits per heavy atom. The monoisotopic (exact) mass is 300 g/mol. The molecule has 0 saturated carbocycles. The summed E-state index contributed by atoms with van der Waals surface area (Å²) in [5.74, 6) is 0. The third-order valence-electron chi connectivity index (χ3n) is 3.29. The zero-order valence-electron chi connectivity index (χ0n) is 12.0. The van der Waals surface area contributed by atoms with E-state index in [1.807, 2.05) is 31.3 Å². The fourth-order valence-electron chi connectivity index (χ4n) is 2.36. The van der Waals surface area contributed by atoms with Crippen LogP contribution in [0.15, 0.2) is 73.3 Å². The van der Waals surface area contributed by atoms with Gasteiger partial charge in [0.15, 0.2) is 8.32 Å². The van der Waals surface area contributed by atoms with Gasteiger partial charge in [-0.15, -0.1) is 6.58 Å². The highest BCUT2D eigenvalue weighted by Gasteiger charge is 2.35. The average molecular weight is 300 g/mol. The molecule has 0 amide bonds. The minimum Gasteiger partial charge on any atom is -0.431 e. The van der Waals surface area contributed by atoms with Crippen LogP contribution in [0, 0.1) is 0 Å². The van der Waals surface area contributed by atoms with Crippen LogP contribution in [-0.2, 0) is 0 Å². The van der Waals surface area contributed by atoms with Gasteiger partial charge < -0.3 is 4.80 Å². The van der Waals surface area contributed by atoms with Gasteiger partial charge in [0, 0.05) is 5.28 Å². The van der Waals surface area contributed by atoms with Crippen LogP contribution in [-0.4, -0.2) is 18.4 Å². The van der Waals surface area contributed by atoms with Crippen molar-refractivity contribution in [1.29, 1.82) is 0 Å². The third kappa shape index (κ3) is 3.46. The van der Waals surface area contributed by atoms with Crippen molar-refractivity contribution in [2.24, 2.45) is 0 Å². The molecular weight excluding hydrogens is 279 g/mol. The van der Waals surface area contributed by atoms with Crippen molar-refractivity contribution in [3.05, 3.63) is 73.3 Å². The van der Waals surface area contributed by atoms with Gasteiger partial charge in [0.2, 0.25) is 0 Å². The van der Waals surface area contributed by atoms with Crippen molar-refractivity contribution in [2.75, 3.05) is 0 Å². The summed E-state index contributed by atoms with van der Waals surface area (Å²) in [7, 11) is -2.91. The number of rotatable bonds is 5. The molecule has 2 rings (SSSR count). The molecule has 2 aromatic carbocycles. The first-order valence-corrected chi connectivity index (χ1v) is 11.2. The first-order valence-electron chi connectivity index (χ1n) is 6.78. The quantitative estimate of drug-likeness (QED) is 0.510. The van der Waals surface area contributed by atoms with E-state index in [0.29, 0.717) is 0 Å². The van der Waals surface area contributed by atoms with E-state index >= 15 is 0 Å². The van der Waals surface area contributed by atoms with Crippen molar-refractivity contribution < 1.29 is 4.80 Å². The van der Waals surface area contributed by atoms with E-state index in [9.17, 15) is 4.80 Å². The molecule has 0 aromatic heterocycles. The third-order valence-corrected chi connectivity index (χ3v) is 10.1. The van der Waals surface area contributed by atoms with Gasteiger partial charge in [-0.05, 0) is 31.6 Å². The Labute approximate surface area is 123 Å². The zero-order chi connectivity index (χ0) is 14.6. The Bertz CT molecular complexity index is 509. The second kappa shape index (κ2) is 6.49. The van der Waals surface area contributed by atoms with Crippen molar-refractivity contribution in [3.63, 3.8) is 0 Å². The standard InChI is InChI=1S/C17H21OPSi/c1-4-17(20(2,3)18)19(15-11-7-5-8-12-15)16-13-9-6-10-14-16/h4-14,17-18H,1H2,2-3H3. The van der Waals surface area contributed by atoms with Gasteiger partial charge in [-0.1, -0.05) is 66.7 Å². The van der Waals surface area contributed by atoms with Crippen LogP contribution in [0.25, 0.3) is 0 Å². The Morgan fingerprint density at radius 2 is 1.35 bits per heavy atom. The predicted molar refractivity (Wildman–Crippen MR) is 92.8 cm³/mol. The van der Waals surface area contributed by atoms with Gasteiger partial charge in [-0.2, -0.15) is 0 Å². The molecule has 1 N–H and O–H groups in total. The summed E-state index contributed by atoms with van der Waals surface area (Å²) >= 11 is 0. The van der Waals surface area contributed by atoms with Crippen molar-refractivity contribution in [1.82, 2.24) is 0 Å². The lowest BCUT2D eigenvalue weighted by molar-refractivity contribution is 0.551. The molecule has 0 aliphatic rings. The van der Waals surface area contributed by atoms with Crippen LogP contribution in [0.2, 0.25) is 13.1 Å². The SMILES string of the molecule is C=CC(P(c1ccccc1)c1ccccc1)[Si](C)(C)O. The van der Waals surface area contributed by atoms with E-state index in [1.165, 1.54) is 10.6 Å². The van der Waals surface area contributed by atoms with Crippen molar-refractivity contribution in [2.45, 2.75) is 18.4 Å². The van der Waals surface area contributed by atoms with E-state index in [1.54, 1.807) is 0 Å². The molecule has 0 radical (unpaired) electrons. The maximum absolute atomic E-state index is 10.7. The van der Waals surface area contributed by atoms with Gasteiger partial charge in [-0.25, -0.2) is 0 Å². The van der Waals surface area contributed by atoms with Gasteiger partial charge in [0.25, 0.3) is 0 Å². The molecule has 0 saturated heterocycles. The summed E-state index contributed by atoms with van der Waals surface area (Å²) < 4.78 is 0. The Morgan fingerprint density at radius 1 is 0.950 bits per heavy atom. The summed E-state index contributed by atoms with van der Waals surface area (Å²) in [6, 6.07) is 21.0. The van der Waals surface area contributed by atoms with Crippen LogP contribution < -0.4 is 10.6 Å². The summed E-state index contributed by atoms with van der Waals surface area (Å²) in [6.07, 6.45) is 1.96. The van der Waals surface area contributed by atoms with Crippen LogP contribution in [0.1, 0.15) is 0 Å². The summed E-state index contributed by atoms with van der Waals surface area (Å²) in [4.78, 5) is 10.7. The lowest BCUT2D eigenvalue weighted by Crippen LogP contribution is -2.42. The largest absolute Gasteiger partial charge is 0.431 e. The minimum atomic E-state index is -2.30. The molecule has 1 atom stereocenters. The van der Waals surface area contributed by atoms with Crippen LogP contribution >= 0.6 is 7.92 Å². The van der Waals surface area contributed by atoms with Gasteiger partial charge >= 0.3 is 0 Å². The number of hydrogen-bond donors (Lipinski definition) is 1. The number of hydrogen-bond acceptors (Lipinski definition) is 1. The minimum absolute atomic E-state index is 0.155. The highest BCUT2D eigenvalue weighted by Crippen LogP contribution is 2.43. The number of allylic oxidation sites excluding steroid dienone is 1. The van der Waals surface area contributed by atoms with E-state index in [0.717, 1.165) is 0 Å². The molecule has 104 valence electrons. The first-order chi connectivity index (χ1) is 9.54. The maximum Gasteiger partial charge on any atom is 0.194 e. The molecule has 1 unspecified atom stereocenters. The predicted octanol–water partition coefficient (Wildman–Crippen LogP) is 3.41. The van der Waals surface area contributed by atoms with Crippen LogP contribution in [0.3, 0.4) is 0 Å². The van der Waals surface area contributed by atoms with Crippen LogP contribution in [0.5, 0.6) is 0 Å². The summed E-state index contributed by atoms with van der Waals surface area (Å²) in [5, 5.41) is 2.75. The molecular formula is C17H21OPSi. The molecule has 0 spiro atoms. The molecule has 0 aliphatic carbocycles. The number of benzene rings is 2. The Kier molecular flexibility index (Phi) is 4.93. The van der Waals surface area contributed by atoms with Gasteiger partial charge in [-0.3, -0.25) is 0 Å². The van der Waals surface area contributed by atoms with Crippen molar-refractivity contribution >= 4 is 26.8 Å². The molecule has 3 heteroatoms. The van der Waals surface area contributed by atoms with Crippen molar-refractivity contribution in [3.8, 4) is 0 Å². The highest BCUT2D eigenvalue weighted by molar-refractivity contribution is 7.76. The van der Waals surface area contributed by atoms with Crippen LogP contribution in [0.4, 0.5) is 0 Å². The summed E-state index contributed by atoms with van der Waals surface area (Å²) in [5.41, 5.74) is 0. The normalized spacial score (nSPS) is 13.2. The second-order valence-electron chi connectivity index (χ2n) is 5.38. The highest BCUT2D eigenvalue weighted by atomic mass is 31.1. The topological polar surface area (TPSA) is 20.2 Å². The molecule has 0 aliphatic heterocycles. The fourth-order valence-corrected chi connectivity index (χ4v) is 8.49. The molecule has 20 heavy (non-hydrogen) atoms. The Balaban J connectivity index is 2.53. The Hall–Kier alpha value is -1.21. The van der Waals surface area contributed by atoms with E-state index in [-0.39, 0.29) is 5.28 Å². The molecule has 0 fully saturated rings. The smallest absolute Gasteiger partial charge is 0.194 e. The summed E-state index contributed by atoms with van der Waals surface area (Å²) in [6.45, 7) is 7.99. The fraction of sp³-hybridized carbons (Fsp3) is 0.176. The van der Waals surface area contributed by atoms with Gasteiger partial charge in [0.1, 0.15) is 0 Å². The average Bonchev–Trinajstić information content (AvgIpc) is 2.45. The molecule has 1 nitrogen and oxygen atoms in total. The van der Waals surface area contributed by atoms with E-state index < -0.39 is 16.2 Å². The van der Waals surface area contributed by atoms with Gasteiger partial charge in [0.05, 0.1) is 0 Å². The second-order valence-corrected chi connectivity index (χ2v) is 12.1.